The van der Waals surface area contributed by atoms with Gasteiger partial charge in [0.25, 0.3) is 0 Å². The number of hydrogen-bond donors (Lipinski definition) is 2. The van der Waals surface area contributed by atoms with Crippen molar-refractivity contribution in [2.24, 2.45) is 21.4 Å². The molecule has 3 rings (SSSR count). The van der Waals surface area contributed by atoms with Gasteiger partial charge in [-0.05, 0) is 36.5 Å². The number of rotatable bonds is 2. The van der Waals surface area contributed by atoms with Crippen LogP contribution in [-0.2, 0) is 9.59 Å². The second kappa shape index (κ2) is 5.20. The van der Waals surface area contributed by atoms with Crippen molar-refractivity contribution in [1.29, 1.82) is 0 Å². The van der Waals surface area contributed by atoms with Crippen LogP contribution in [0.25, 0.3) is 0 Å². The summed E-state index contributed by atoms with van der Waals surface area (Å²) >= 11 is 12.1. The van der Waals surface area contributed by atoms with Gasteiger partial charge >= 0.3 is 0 Å². The molecule has 0 aliphatic heterocycles. The molecule has 2 unspecified atom stereocenters. The van der Waals surface area contributed by atoms with Crippen molar-refractivity contribution >= 4 is 46.3 Å². The van der Waals surface area contributed by atoms with Crippen molar-refractivity contribution in [2.75, 3.05) is 5.32 Å². The Balaban J connectivity index is 2.06. The number of halogens is 2. The number of nitrogens with zero attached hydrogens (tertiary/aromatic N) is 1. The number of carbonyl (C=O) groups is 2. The average molecular weight is 369 g/mol. The SMILES string of the molecule is CC12CCC(C(=O)Nc3cc(Cl)ccc3Cl)(C(=O)/C1=N\O)C2(C)C. The second-order valence-electron chi connectivity index (χ2n) is 7.22. The second-order valence-corrected chi connectivity index (χ2v) is 8.06. The monoisotopic (exact) mass is 368 g/mol. The van der Waals surface area contributed by atoms with Gasteiger partial charge in [0.2, 0.25) is 5.91 Å². The quantitative estimate of drug-likeness (QED) is 0.467. The van der Waals surface area contributed by atoms with Gasteiger partial charge in [-0.3, -0.25) is 9.59 Å². The highest BCUT2D eigenvalue weighted by Crippen LogP contribution is 2.69. The van der Waals surface area contributed by atoms with Crippen LogP contribution in [0.1, 0.15) is 33.6 Å². The van der Waals surface area contributed by atoms with E-state index < -0.39 is 27.9 Å². The van der Waals surface area contributed by atoms with E-state index in [4.69, 9.17) is 23.2 Å². The maximum Gasteiger partial charge on any atom is 0.239 e. The first-order valence-electron chi connectivity index (χ1n) is 7.65. The van der Waals surface area contributed by atoms with E-state index >= 15 is 0 Å². The molecule has 2 aliphatic rings. The number of Topliss-reactive ketones (excluding diaryl/α,β-unsaturated/α-hetero) is 1. The molecule has 2 aliphatic carbocycles. The maximum atomic E-state index is 13.1. The molecular weight excluding hydrogens is 351 g/mol. The van der Waals surface area contributed by atoms with Crippen molar-refractivity contribution in [3.63, 3.8) is 0 Å². The molecule has 2 saturated carbocycles. The molecule has 128 valence electrons. The summed E-state index contributed by atoms with van der Waals surface area (Å²) in [7, 11) is 0. The average Bonchev–Trinajstić information content (AvgIpc) is 2.79. The van der Waals surface area contributed by atoms with E-state index in [1.807, 2.05) is 20.8 Å². The molecule has 1 aromatic rings. The first-order chi connectivity index (χ1) is 11.1. The lowest BCUT2D eigenvalue weighted by Gasteiger charge is -2.37. The molecule has 0 radical (unpaired) electrons. The van der Waals surface area contributed by atoms with Crippen LogP contribution < -0.4 is 5.32 Å². The van der Waals surface area contributed by atoms with Gasteiger partial charge < -0.3 is 10.5 Å². The molecule has 1 amide bonds. The normalized spacial score (nSPS) is 32.4. The summed E-state index contributed by atoms with van der Waals surface area (Å²) < 4.78 is 0. The van der Waals surface area contributed by atoms with Crippen LogP contribution >= 0.6 is 23.2 Å². The summed E-state index contributed by atoms with van der Waals surface area (Å²) in [6, 6.07) is 4.74. The molecule has 2 N–H and O–H groups in total. The number of amides is 1. The number of oxime groups is 1. The maximum absolute atomic E-state index is 13.1. The highest BCUT2D eigenvalue weighted by molar-refractivity contribution is 6.51. The predicted octanol–water partition coefficient (Wildman–Crippen LogP) is 4.16. The molecule has 24 heavy (non-hydrogen) atoms. The van der Waals surface area contributed by atoms with Crippen molar-refractivity contribution in [3.05, 3.63) is 28.2 Å². The number of carbonyl (C=O) groups excluding carboxylic acids is 2. The number of benzene rings is 1. The standard InChI is InChI=1S/C17H18Cl2N2O3/c1-15(2)16(3)6-7-17(15,13(22)12(16)21-24)14(23)20-11-8-9(18)4-5-10(11)19/h4-5,8,24H,6-7H2,1-3H3,(H,20,23)/b21-12+. The van der Waals surface area contributed by atoms with Crippen molar-refractivity contribution < 1.29 is 14.8 Å². The van der Waals surface area contributed by atoms with E-state index in [9.17, 15) is 14.8 Å². The summed E-state index contributed by atoms with van der Waals surface area (Å²) in [4.78, 5) is 26.0. The fourth-order valence-corrected chi connectivity index (χ4v) is 4.61. The molecule has 2 bridgehead atoms. The Kier molecular flexibility index (Phi) is 3.74. The van der Waals surface area contributed by atoms with Gasteiger partial charge in [-0.1, -0.05) is 49.1 Å². The first kappa shape index (κ1) is 17.2. The lowest BCUT2D eigenvalue weighted by molar-refractivity contribution is -0.140. The van der Waals surface area contributed by atoms with Crippen molar-refractivity contribution in [1.82, 2.24) is 0 Å². The van der Waals surface area contributed by atoms with Crippen LogP contribution in [0.3, 0.4) is 0 Å². The Morgan fingerprint density at radius 3 is 2.50 bits per heavy atom. The fraction of sp³-hybridized carbons (Fsp3) is 0.471. The van der Waals surface area contributed by atoms with E-state index in [1.165, 1.54) is 0 Å². The van der Waals surface area contributed by atoms with Gasteiger partial charge in [0.05, 0.1) is 10.7 Å². The van der Waals surface area contributed by atoms with Gasteiger partial charge in [-0.15, -0.1) is 0 Å². The third-order valence-electron chi connectivity index (χ3n) is 6.24. The first-order valence-corrected chi connectivity index (χ1v) is 8.41. The van der Waals surface area contributed by atoms with Crippen LogP contribution in [0.2, 0.25) is 10.0 Å². The lowest BCUT2D eigenvalue weighted by atomic mass is 9.64. The highest BCUT2D eigenvalue weighted by atomic mass is 35.5. The minimum absolute atomic E-state index is 0.0751. The van der Waals surface area contributed by atoms with Gasteiger partial charge in [-0.2, -0.15) is 0 Å². The van der Waals surface area contributed by atoms with Crippen molar-refractivity contribution in [2.45, 2.75) is 33.6 Å². The van der Waals surface area contributed by atoms with Crippen LogP contribution in [0.4, 0.5) is 5.69 Å². The zero-order valence-electron chi connectivity index (χ0n) is 13.6. The minimum atomic E-state index is -1.28. The van der Waals surface area contributed by atoms with E-state index in [1.54, 1.807) is 18.2 Å². The van der Waals surface area contributed by atoms with E-state index in [0.717, 1.165) is 0 Å². The Labute approximate surface area is 150 Å². The molecule has 0 saturated heterocycles. The summed E-state index contributed by atoms with van der Waals surface area (Å²) in [6.45, 7) is 5.61. The van der Waals surface area contributed by atoms with E-state index in [2.05, 4.69) is 10.5 Å². The Bertz CT molecular complexity index is 790. The fourth-order valence-electron chi connectivity index (χ4n) is 4.28. The van der Waals surface area contributed by atoms with Crippen LogP contribution in [0.15, 0.2) is 23.4 Å². The summed E-state index contributed by atoms with van der Waals surface area (Å²) in [6.07, 6.45) is 1.00. The molecular formula is C17H18Cl2N2O3. The zero-order chi connectivity index (χ0) is 17.9. The summed E-state index contributed by atoms with van der Waals surface area (Å²) in [5.74, 6) is -0.858. The number of ketones is 1. The largest absolute Gasteiger partial charge is 0.411 e. The molecule has 0 spiro atoms. The van der Waals surface area contributed by atoms with Gasteiger partial charge in [-0.25, -0.2) is 0 Å². The number of anilines is 1. The molecule has 2 atom stereocenters. The number of nitrogens with one attached hydrogen (secondary N) is 1. The third kappa shape index (κ3) is 1.85. The molecule has 1 aromatic carbocycles. The predicted molar refractivity (Wildman–Crippen MR) is 92.9 cm³/mol. The smallest absolute Gasteiger partial charge is 0.239 e. The van der Waals surface area contributed by atoms with E-state index in [0.29, 0.717) is 28.6 Å². The molecule has 5 nitrogen and oxygen atoms in total. The topological polar surface area (TPSA) is 78.8 Å². The third-order valence-corrected chi connectivity index (χ3v) is 6.80. The Morgan fingerprint density at radius 2 is 1.92 bits per heavy atom. The van der Waals surface area contributed by atoms with Crippen LogP contribution in [-0.4, -0.2) is 22.6 Å². The summed E-state index contributed by atoms with van der Waals surface area (Å²) in [5.41, 5.74) is -2.18. The molecule has 0 heterocycles. The van der Waals surface area contributed by atoms with Gasteiger partial charge in [0.1, 0.15) is 11.1 Å². The van der Waals surface area contributed by atoms with Gasteiger partial charge in [0, 0.05) is 10.4 Å². The molecule has 2 fully saturated rings. The minimum Gasteiger partial charge on any atom is -0.411 e. The van der Waals surface area contributed by atoms with Crippen molar-refractivity contribution in [3.8, 4) is 0 Å². The van der Waals surface area contributed by atoms with Crippen LogP contribution in [0, 0.1) is 16.2 Å². The summed E-state index contributed by atoms with van der Waals surface area (Å²) in [5, 5.41) is 16.1. The highest BCUT2D eigenvalue weighted by Gasteiger charge is 2.76. The van der Waals surface area contributed by atoms with Crippen LogP contribution in [0.5, 0.6) is 0 Å². The lowest BCUT2D eigenvalue weighted by Crippen LogP contribution is -2.47. The number of hydrogen-bond acceptors (Lipinski definition) is 4. The van der Waals surface area contributed by atoms with Gasteiger partial charge in [0.15, 0.2) is 5.78 Å². The number of fused-ring (bicyclic) bond motifs is 2. The molecule has 7 heteroatoms. The Hall–Kier alpha value is -1.59. The van der Waals surface area contributed by atoms with E-state index in [-0.39, 0.29) is 5.71 Å². The Morgan fingerprint density at radius 1 is 1.25 bits per heavy atom. The molecule has 0 aromatic heterocycles. The zero-order valence-corrected chi connectivity index (χ0v) is 15.1.